The molecule has 0 saturated carbocycles. The number of hydrogen-bond donors (Lipinski definition) is 0. The molecule has 1 nitrogen and oxygen atoms in total. The molecule has 1 aromatic heterocycles. The smallest absolute Gasteiger partial charge is 0.0548 e. The molecule has 0 aliphatic rings. The van der Waals surface area contributed by atoms with Gasteiger partial charge in [0, 0.05) is 16.2 Å². The van der Waals surface area contributed by atoms with Gasteiger partial charge in [-0.25, -0.2) is 0 Å². The third kappa shape index (κ3) is 5.27. The van der Waals surface area contributed by atoms with Crippen LogP contribution in [0.25, 0.3) is 136 Å². The van der Waals surface area contributed by atoms with E-state index >= 15 is 0 Å². The van der Waals surface area contributed by atoms with Crippen LogP contribution in [-0.4, -0.2) is 4.57 Å². The summed E-state index contributed by atoms with van der Waals surface area (Å²) in [6, 6.07) is 88.0. The summed E-state index contributed by atoms with van der Waals surface area (Å²) >= 11 is 0. The lowest BCUT2D eigenvalue weighted by Crippen LogP contribution is -1.97. The zero-order chi connectivity index (χ0) is 42.6. The fraction of sp³-hybridized carbons (Fsp3) is 0. The molecule has 13 aromatic carbocycles. The lowest BCUT2D eigenvalue weighted by molar-refractivity contribution is 1.20. The lowest BCUT2D eigenvalue weighted by Gasteiger charge is -2.21. The van der Waals surface area contributed by atoms with Gasteiger partial charge in [-0.05, 0) is 134 Å². The van der Waals surface area contributed by atoms with Crippen LogP contribution in [0, 0.1) is 0 Å². The number of hydrogen-bond acceptors (Lipinski definition) is 0. The summed E-state index contributed by atoms with van der Waals surface area (Å²) in [7, 11) is 0. The molecule has 14 aromatic rings. The van der Waals surface area contributed by atoms with Crippen LogP contribution in [0.4, 0.5) is 0 Å². The molecular formula is C64H39N. The molecule has 0 N–H and O–H groups in total. The minimum absolute atomic E-state index is 1.18. The third-order valence-corrected chi connectivity index (χ3v) is 14.1. The van der Waals surface area contributed by atoms with Gasteiger partial charge in [-0.1, -0.05) is 206 Å². The third-order valence-electron chi connectivity index (χ3n) is 14.1. The van der Waals surface area contributed by atoms with E-state index in [1.807, 2.05) is 0 Å². The van der Waals surface area contributed by atoms with Gasteiger partial charge in [0.1, 0.15) is 0 Å². The minimum atomic E-state index is 1.18. The molecule has 0 unspecified atom stereocenters. The maximum absolute atomic E-state index is 2.52. The summed E-state index contributed by atoms with van der Waals surface area (Å²) in [5, 5.41) is 20.1. The summed E-state index contributed by atoms with van der Waals surface area (Å²) in [6.07, 6.45) is 0. The summed E-state index contributed by atoms with van der Waals surface area (Å²) in [5.41, 5.74) is 11.1. The molecule has 1 heteroatoms. The van der Waals surface area contributed by atoms with E-state index in [9.17, 15) is 0 Å². The Morgan fingerprint density at radius 1 is 0.231 bits per heavy atom. The molecule has 65 heavy (non-hydrogen) atoms. The van der Waals surface area contributed by atoms with Gasteiger partial charge in [0.25, 0.3) is 0 Å². The van der Waals surface area contributed by atoms with Crippen molar-refractivity contribution in [1.82, 2.24) is 4.57 Å². The second-order valence-electron chi connectivity index (χ2n) is 17.5. The molecule has 0 aliphatic heterocycles. The van der Waals surface area contributed by atoms with E-state index in [4.69, 9.17) is 0 Å². The Hall–Kier alpha value is -8.52. The van der Waals surface area contributed by atoms with Crippen LogP contribution in [-0.2, 0) is 0 Å². The van der Waals surface area contributed by atoms with Crippen LogP contribution < -0.4 is 0 Å². The Morgan fingerprint density at radius 3 is 1.31 bits per heavy atom. The second-order valence-corrected chi connectivity index (χ2v) is 17.5. The summed E-state index contributed by atoms with van der Waals surface area (Å²) < 4.78 is 2.52. The first kappa shape index (κ1) is 36.0. The Kier molecular flexibility index (Phi) is 7.75. The predicted octanol–water partition coefficient (Wildman–Crippen LogP) is 17.9. The monoisotopic (exact) mass is 821 g/mol. The van der Waals surface area contributed by atoms with Crippen molar-refractivity contribution < 1.29 is 0 Å². The van der Waals surface area contributed by atoms with E-state index < -0.39 is 0 Å². The maximum Gasteiger partial charge on any atom is 0.0548 e. The fourth-order valence-electron chi connectivity index (χ4n) is 11.4. The summed E-state index contributed by atoms with van der Waals surface area (Å²) in [6.45, 7) is 0. The van der Waals surface area contributed by atoms with Crippen molar-refractivity contribution in [3.8, 4) is 39.1 Å². The lowest BCUT2D eigenvalue weighted by atomic mass is 9.83. The second kappa shape index (κ2) is 14.0. The van der Waals surface area contributed by atoms with Crippen molar-refractivity contribution in [3.05, 3.63) is 237 Å². The molecule has 0 radical (unpaired) electrons. The van der Waals surface area contributed by atoms with Crippen LogP contribution >= 0.6 is 0 Å². The predicted molar refractivity (Wildman–Crippen MR) is 280 cm³/mol. The number of nitrogens with zero attached hydrogens (tertiary/aromatic N) is 1. The standard InChI is InChI=1S/C64H39N/c1-2-18-42(19-3-1)60-52-28-14-15-29-53(52)62(55-33-30-45(39-56(55)60)61-48-24-10-6-20-43(48)38-44-21-7-11-25-49(44)61)54-34-37-57(51-27-13-12-26-50(51)54)65-58-35-31-40-16-4-8-22-46(40)63(58)64-47-23-9-5-17-41(47)32-36-59(64)65/h1-39H. The zero-order valence-electron chi connectivity index (χ0n) is 35.5. The van der Waals surface area contributed by atoms with Crippen molar-refractivity contribution in [2.75, 3.05) is 0 Å². The Morgan fingerprint density at radius 2 is 0.692 bits per heavy atom. The Bertz CT molecular complexity index is 4140. The molecule has 0 saturated heterocycles. The molecule has 0 amide bonds. The van der Waals surface area contributed by atoms with Gasteiger partial charge < -0.3 is 4.57 Å². The van der Waals surface area contributed by atoms with E-state index in [1.165, 1.54) is 136 Å². The van der Waals surface area contributed by atoms with Gasteiger partial charge in [0.15, 0.2) is 0 Å². The van der Waals surface area contributed by atoms with E-state index in [-0.39, 0.29) is 0 Å². The highest BCUT2D eigenvalue weighted by atomic mass is 15.0. The fourth-order valence-corrected chi connectivity index (χ4v) is 11.4. The first-order valence-corrected chi connectivity index (χ1v) is 22.6. The minimum Gasteiger partial charge on any atom is -0.309 e. The molecular weight excluding hydrogens is 783 g/mol. The van der Waals surface area contributed by atoms with Crippen LogP contribution in [0.15, 0.2) is 237 Å². The molecule has 0 atom stereocenters. The van der Waals surface area contributed by atoms with Crippen molar-refractivity contribution in [3.63, 3.8) is 0 Å². The molecule has 1 heterocycles. The molecule has 14 rings (SSSR count). The van der Waals surface area contributed by atoms with Gasteiger partial charge in [-0.3, -0.25) is 0 Å². The number of benzene rings is 13. The Balaban J connectivity index is 1.09. The highest BCUT2D eigenvalue weighted by molar-refractivity contribution is 6.30. The van der Waals surface area contributed by atoms with Gasteiger partial charge in [0.05, 0.1) is 16.7 Å². The van der Waals surface area contributed by atoms with Gasteiger partial charge in [-0.15, -0.1) is 0 Å². The summed E-state index contributed by atoms with van der Waals surface area (Å²) in [5.74, 6) is 0. The van der Waals surface area contributed by atoms with E-state index in [0.29, 0.717) is 0 Å². The van der Waals surface area contributed by atoms with Gasteiger partial charge in [-0.2, -0.15) is 0 Å². The van der Waals surface area contributed by atoms with Crippen molar-refractivity contribution in [2.24, 2.45) is 0 Å². The maximum atomic E-state index is 2.52. The van der Waals surface area contributed by atoms with Crippen molar-refractivity contribution >= 4 is 97.2 Å². The van der Waals surface area contributed by atoms with Crippen molar-refractivity contribution in [1.29, 1.82) is 0 Å². The SMILES string of the molecule is c1ccc(-c2c3ccccc3c(-c3ccc(-n4c5ccc6ccccc6c5c5c6ccccc6ccc54)c4ccccc34)c3ccc(-c4c5ccccc5cc5ccccc45)cc23)cc1. The number of rotatable bonds is 4. The average Bonchev–Trinajstić information content (AvgIpc) is 3.72. The topological polar surface area (TPSA) is 4.93 Å². The number of aromatic nitrogens is 1. The van der Waals surface area contributed by atoms with Crippen LogP contribution in [0.5, 0.6) is 0 Å². The van der Waals surface area contributed by atoms with E-state index in [2.05, 4.69) is 241 Å². The highest BCUT2D eigenvalue weighted by Crippen LogP contribution is 2.49. The van der Waals surface area contributed by atoms with E-state index in [0.717, 1.165) is 0 Å². The first-order valence-electron chi connectivity index (χ1n) is 22.6. The highest BCUT2D eigenvalue weighted by Gasteiger charge is 2.23. The Labute approximate surface area is 375 Å². The van der Waals surface area contributed by atoms with Crippen LogP contribution in [0.1, 0.15) is 0 Å². The molecule has 0 bridgehead atoms. The quantitative estimate of drug-likeness (QED) is 0.156. The molecule has 0 aliphatic carbocycles. The number of fused-ring (bicyclic) bond motifs is 12. The zero-order valence-corrected chi connectivity index (χ0v) is 35.5. The first-order chi connectivity index (χ1) is 32.3. The van der Waals surface area contributed by atoms with Crippen LogP contribution in [0.3, 0.4) is 0 Å². The molecule has 300 valence electrons. The van der Waals surface area contributed by atoms with Crippen molar-refractivity contribution in [2.45, 2.75) is 0 Å². The van der Waals surface area contributed by atoms with Crippen LogP contribution in [0.2, 0.25) is 0 Å². The summed E-state index contributed by atoms with van der Waals surface area (Å²) in [4.78, 5) is 0. The largest absolute Gasteiger partial charge is 0.309 e. The van der Waals surface area contributed by atoms with Gasteiger partial charge in [0.2, 0.25) is 0 Å². The van der Waals surface area contributed by atoms with E-state index in [1.54, 1.807) is 0 Å². The van der Waals surface area contributed by atoms with Gasteiger partial charge >= 0.3 is 0 Å². The molecule has 0 fully saturated rings. The average molecular weight is 822 g/mol. The molecule has 0 spiro atoms. The normalized spacial score (nSPS) is 12.0.